The molecule has 4 heteroatoms. The van der Waals surface area contributed by atoms with Crippen molar-refractivity contribution in [2.45, 2.75) is 6.42 Å². The van der Waals surface area contributed by atoms with Crippen molar-refractivity contribution in [3.05, 3.63) is 36.4 Å². The first-order chi connectivity index (χ1) is 7.20. The lowest BCUT2D eigenvalue weighted by atomic mass is 10.3. The van der Waals surface area contributed by atoms with Crippen LogP contribution in [-0.4, -0.2) is 13.7 Å². The van der Waals surface area contributed by atoms with Gasteiger partial charge in [-0.25, -0.2) is 0 Å². The second kappa shape index (κ2) is 5.34. The predicted octanol–water partition coefficient (Wildman–Crippen LogP) is 2.93. The molecule has 0 N–H and O–H groups in total. The molecule has 82 valence electrons. The first-order valence-corrected chi connectivity index (χ1v) is 4.46. The SMILES string of the molecule is C=CCCOc1ccc(OC)c(F)c1F. The van der Waals surface area contributed by atoms with Crippen LogP contribution in [0.4, 0.5) is 8.78 Å². The number of benzene rings is 1. The van der Waals surface area contributed by atoms with Crippen LogP contribution in [0.1, 0.15) is 6.42 Å². The van der Waals surface area contributed by atoms with Crippen LogP contribution in [-0.2, 0) is 0 Å². The molecule has 0 aliphatic heterocycles. The van der Waals surface area contributed by atoms with Gasteiger partial charge in [-0.2, -0.15) is 8.78 Å². The highest BCUT2D eigenvalue weighted by molar-refractivity contribution is 5.34. The molecule has 2 nitrogen and oxygen atoms in total. The maximum atomic E-state index is 13.3. The number of hydrogen-bond donors (Lipinski definition) is 0. The van der Waals surface area contributed by atoms with Crippen molar-refractivity contribution >= 4 is 0 Å². The Labute approximate surface area is 87.1 Å². The van der Waals surface area contributed by atoms with Crippen molar-refractivity contribution in [3.63, 3.8) is 0 Å². The number of methoxy groups -OCH3 is 1. The van der Waals surface area contributed by atoms with Gasteiger partial charge in [0.2, 0.25) is 11.6 Å². The topological polar surface area (TPSA) is 18.5 Å². The summed E-state index contributed by atoms with van der Waals surface area (Å²) in [6, 6.07) is 2.65. The van der Waals surface area contributed by atoms with E-state index in [-0.39, 0.29) is 18.1 Å². The standard InChI is InChI=1S/C11H12F2O2/c1-3-4-7-15-9-6-5-8(14-2)10(12)11(9)13/h3,5-6H,1,4,7H2,2H3. The average molecular weight is 214 g/mol. The van der Waals surface area contributed by atoms with E-state index in [1.807, 2.05) is 0 Å². The smallest absolute Gasteiger partial charge is 0.204 e. The van der Waals surface area contributed by atoms with Crippen molar-refractivity contribution < 1.29 is 18.3 Å². The minimum Gasteiger partial charge on any atom is -0.494 e. The molecular formula is C11H12F2O2. The maximum Gasteiger partial charge on any atom is 0.204 e. The second-order valence-corrected chi connectivity index (χ2v) is 2.82. The highest BCUT2D eigenvalue weighted by Gasteiger charge is 2.14. The van der Waals surface area contributed by atoms with E-state index in [1.54, 1.807) is 6.08 Å². The molecule has 0 radical (unpaired) electrons. The lowest BCUT2D eigenvalue weighted by Gasteiger charge is -2.08. The molecule has 0 aromatic heterocycles. The fourth-order valence-corrected chi connectivity index (χ4v) is 1.04. The van der Waals surface area contributed by atoms with Crippen LogP contribution in [0, 0.1) is 11.6 Å². The van der Waals surface area contributed by atoms with E-state index in [4.69, 9.17) is 4.74 Å². The molecule has 0 saturated heterocycles. The minimum atomic E-state index is -1.03. The van der Waals surface area contributed by atoms with E-state index in [1.165, 1.54) is 19.2 Å². The Kier molecular flexibility index (Phi) is 4.09. The van der Waals surface area contributed by atoms with Crippen molar-refractivity contribution in [1.29, 1.82) is 0 Å². The Bertz CT molecular complexity index is 351. The van der Waals surface area contributed by atoms with Crippen LogP contribution in [0.25, 0.3) is 0 Å². The quantitative estimate of drug-likeness (QED) is 0.554. The van der Waals surface area contributed by atoms with Gasteiger partial charge in [0, 0.05) is 0 Å². The molecule has 0 fully saturated rings. The van der Waals surface area contributed by atoms with Gasteiger partial charge in [0.1, 0.15) is 0 Å². The summed E-state index contributed by atoms with van der Waals surface area (Å²) in [6.45, 7) is 3.76. The van der Waals surface area contributed by atoms with Crippen LogP contribution in [0.3, 0.4) is 0 Å². The Morgan fingerprint density at radius 3 is 2.47 bits per heavy atom. The third-order valence-corrected chi connectivity index (χ3v) is 1.81. The van der Waals surface area contributed by atoms with Gasteiger partial charge < -0.3 is 9.47 Å². The van der Waals surface area contributed by atoms with Gasteiger partial charge in [-0.3, -0.25) is 0 Å². The molecule has 15 heavy (non-hydrogen) atoms. The minimum absolute atomic E-state index is 0.116. The summed E-state index contributed by atoms with van der Waals surface area (Å²) < 4.78 is 36.1. The highest BCUT2D eigenvalue weighted by Crippen LogP contribution is 2.27. The fourth-order valence-electron chi connectivity index (χ4n) is 1.04. The molecule has 1 aromatic rings. The average Bonchev–Trinajstić information content (AvgIpc) is 2.25. The van der Waals surface area contributed by atoms with Crippen LogP contribution in [0.15, 0.2) is 24.8 Å². The zero-order chi connectivity index (χ0) is 11.3. The van der Waals surface area contributed by atoms with Gasteiger partial charge in [-0.1, -0.05) is 6.08 Å². The molecule has 0 amide bonds. The first kappa shape index (κ1) is 11.5. The van der Waals surface area contributed by atoms with E-state index < -0.39 is 11.6 Å². The summed E-state index contributed by atoms with van der Waals surface area (Å²) >= 11 is 0. The van der Waals surface area contributed by atoms with Gasteiger partial charge in [-0.05, 0) is 18.6 Å². The van der Waals surface area contributed by atoms with Crippen molar-refractivity contribution in [2.24, 2.45) is 0 Å². The number of halogens is 2. The second-order valence-electron chi connectivity index (χ2n) is 2.82. The van der Waals surface area contributed by atoms with Crippen LogP contribution < -0.4 is 9.47 Å². The zero-order valence-corrected chi connectivity index (χ0v) is 8.43. The molecule has 0 saturated carbocycles. The molecule has 0 atom stereocenters. The van der Waals surface area contributed by atoms with Gasteiger partial charge in [0.15, 0.2) is 11.5 Å². The van der Waals surface area contributed by atoms with Gasteiger partial charge >= 0.3 is 0 Å². The number of ether oxygens (including phenoxy) is 2. The molecule has 0 aliphatic rings. The fraction of sp³-hybridized carbons (Fsp3) is 0.273. The monoisotopic (exact) mass is 214 g/mol. The summed E-state index contributed by atoms with van der Waals surface area (Å²) in [5.74, 6) is -2.31. The highest BCUT2D eigenvalue weighted by atomic mass is 19.2. The Balaban J connectivity index is 2.81. The lowest BCUT2D eigenvalue weighted by Crippen LogP contribution is -2.00. The van der Waals surface area contributed by atoms with Crippen molar-refractivity contribution in [3.8, 4) is 11.5 Å². The lowest BCUT2D eigenvalue weighted by molar-refractivity contribution is 0.295. The molecule has 0 aliphatic carbocycles. The van der Waals surface area contributed by atoms with Gasteiger partial charge in [0.05, 0.1) is 13.7 Å². The van der Waals surface area contributed by atoms with E-state index in [9.17, 15) is 8.78 Å². The Morgan fingerprint density at radius 2 is 1.87 bits per heavy atom. The third kappa shape index (κ3) is 2.68. The summed E-state index contributed by atoms with van der Waals surface area (Å²) in [4.78, 5) is 0. The van der Waals surface area contributed by atoms with Crippen LogP contribution in [0.2, 0.25) is 0 Å². The Hall–Kier alpha value is -1.58. The van der Waals surface area contributed by atoms with E-state index in [0.29, 0.717) is 6.42 Å². The summed E-state index contributed by atoms with van der Waals surface area (Å²) in [5.41, 5.74) is 0. The predicted molar refractivity (Wildman–Crippen MR) is 53.2 cm³/mol. The maximum absolute atomic E-state index is 13.3. The van der Waals surface area contributed by atoms with E-state index >= 15 is 0 Å². The van der Waals surface area contributed by atoms with Crippen molar-refractivity contribution in [1.82, 2.24) is 0 Å². The Morgan fingerprint density at radius 1 is 1.27 bits per heavy atom. The van der Waals surface area contributed by atoms with Gasteiger partial charge in [-0.15, -0.1) is 6.58 Å². The zero-order valence-electron chi connectivity index (χ0n) is 8.43. The first-order valence-electron chi connectivity index (χ1n) is 4.46. The van der Waals surface area contributed by atoms with Crippen LogP contribution in [0.5, 0.6) is 11.5 Å². The van der Waals surface area contributed by atoms with E-state index in [2.05, 4.69) is 11.3 Å². The van der Waals surface area contributed by atoms with E-state index in [0.717, 1.165) is 0 Å². The molecule has 0 heterocycles. The third-order valence-electron chi connectivity index (χ3n) is 1.81. The number of hydrogen-bond acceptors (Lipinski definition) is 2. The normalized spacial score (nSPS) is 9.80. The number of rotatable bonds is 5. The van der Waals surface area contributed by atoms with Crippen LogP contribution >= 0.6 is 0 Å². The van der Waals surface area contributed by atoms with Gasteiger partial charge in [0.25, 0.3) is 0 Å². The summed E-state index contributed by atoms with van der Waals surface area (Å²) in [6.07, 6.45) is 2.21. The molecule has 1 rings (SSSR count). The summed E-state index contributed by atoms with van der Waals surface area (Å²) in [7, 11) is 1.27. The summed E-state index contributed by atoms with van der Waals surface area (Å²) in [5, 5.41) is 0. The molecule has 0 spiro atoms. The molecule has 0 bridgehead atoms. The molecule has 1 aromatic carbocycles. The van der Waals surface area contributed by atoms with Crippen molar-refractivity contribution in [2.75, 3.05) is 13.7 Å². The largest absolute Gasteiger partial charge is 0.494 e. The molecule has 0 unspecified atom stereocenters. The molecular weight excluding hydrogens is 202 g/mol.